The molecule has 0 amide bonds. The minimum absolute atomic E-state index is 0.0750. The van der Waals surface area contributed by atoms with Crippen molar-refractivity contribution in [2.75, 3.05) is 34.4 Å². The number of rotatable bonds is 8. The van der Waals surface area contributed by atoms with E-state index >= 15 is 0 Å². The van der Waals surface area contributed by atoms with Crippen LogP contribution in [0.4, 0.5) is 0 Å². The van der Waals surface area contributed by atoms with Crippen molar-refractivity contribution in [1.82, 2.24) is 14.5 Å². The number of benzene rings is 2. The summed E-state index contributed by atoms with van der Waals surface area (Å²) in [7, 11) is 4.73. The first-order chi connectivity index (χ1) is 15.6. The standard InChI is InChI=1S/C24H29N3O5/c1-30-21-13-16(14-22(31-2)23(21)32-3)12-18(15-28)26-10-8-17(9-11-26)27-20-7-5-4-6-19(20)25-24(27)29/h4-7,13-15,17-18H,8-12H2,1-3H3,(H,25,29). The van der Waals surface area contributed by atoms with E-state index in [0.29, 0.717) is 23.7 Å². The Morgan fingerprint density at radius 1 is 1.06 bits per heavy atom. The van der Waals surface area contributed by atoms with Gasteiger partial charge in [0.15, 0.2) is 11.5 Å². The van der Waals surface area contributed by atoms with Crippen LogP contribution < -0.4 is 19.9 Å². The molecule has 1 unspecified atom stereocenters. The summed E-state index contributed by atoms with van der Waals surface area (Å²) < 4.78 is 18.1. The van der Waals surface area contributed by atoms with E-state index in [0.717, 1.165) is 48.8 Å². The number of nitrogens with one attached hydrogen (secondary N) is 1. The fraction of sp³-hybridized carbons (Fsp3) is 0.417. The number of methoxy groups -OCH3 is 3. The lowest BCUT2D eigenvalue weighted by Gasteiger charge is -2.35. The van der Waals surface area contributed by atoms with Gasteiger partial charge in [0.2, 0.25) is 5.75 Å². The van der Waals surface area contributed by atoms with Gasteiger partial charge in [-0.2, -0.15) is 0 Å². The molecule has 8 nitrogen and oxygen atoms in total. The molecule has 170 valence electrons. The number of likely N-dealkylation sites (tertiary alicyclic amines) is 1. The maximum Gasteiger partial charge on any atom is 0.326 e. The number of hydrogen-bond acceptors (Lipinski definition) is 6. The molecule has 0 radical (unpaired) electrons. The van der Waals surface area contributed by atoms with Crippen molar-refractivity contribution in [3.63, 3.8) is 0 Å². The third kappa shape index (κ3) is 4.10. The van der Waals surface area contributed by atoms with E-state index < -0.39 is 0 Å². The monoisotopic (exact) mass is 439 g/mol. The summed E-state index contributed by atoms with van der Waals surface area (Å²) in [6.07, 6.45) is 3.15. The van der Waals surface area contributed by atoms with Crippen LogP contribution in [0.5, 0.6) is 17.2 Å². The zero-order chi connectivity index (χ0) is 22.7. The number of imidazole rings is 1. The van der Waals surface area contributed by atoms with Gasteiger partial charge in [0, 0.05) is 19.1 Å². The summed E-state index contributed by atoms with van der Waals surface area (Å²) in [6, 6.07) is 11.4. The highest BCUT2D eigenvalue weighted by Gasteiger charge is 2.28. The number of ether oxygens (including phenoxy) is 3. The molecule has 1 saturated heterocycles. The fourth-order valence-electron chi connectivity index (χ4n) is 4.67. The molecule has 1 aliphatic rings. The summed E-state index contributed by atoms with van der Waals surface area (Å²) in [5.74, 6) is 1.68. The SMILES string of the molecule is COc1cc(CC(C=O)N2CCC(n3c(=O)[nH]c4ccccc43)CC2)cc(OC)c1OC. The first kappa shape index (κ1) is 22.0. The molecule has 4 rings (SSSR count). The summed E-state index contributed by atoms with van der Waals surface area (Å²) >= 11 is 0. The lowest BCUT2D eigenvalue weighted by molar-refractivity contribution is -0.112. The third-order valence-electron chi connectivity index (χ3n) is 6.28. The minimum Gasteiger partial charge on any atom is -0.493 e. The lowest BCUT2D eigenvalue weighted by Crippen LogP contribution is -2.44. The Hall–Kier alpha value is -3.26. The molecule has 32 heavy (non-hydrogen) atoms. The third-order valence-corrected chi connectivity index (χ3v) is 6.28. The van der Waals surface area contributed by atoms with Gasteiger partial charge >= 0.3 is 5.69 Å². The summed E-state index contributed by atoms with van der Waals surface area (Å²) in [6.45, 7) is 1.48. The average Bonchev–Trinajstić information content (AvgIpc) is 3.17. The second-order valence-electron chi connectivity index (χ2n) is 8.03. The van der Waals surface area contributed by atoms with Crippen LogP contribution in [0.3, 0.4) is 0 Å². The van der Waals surface area contributed by atoms with Crippen LogP contribution in [0, 0.1) is 0 Å². The Morgan fingerprint density at radius 2 is 1.72 bits per heavy atom. The number of aromatic amines is 1. The van der Waals surface area contributed by atoms with Crippen LogP contribution in [-0.2, 0) is 11.2 Å². The van der Waals surface area contributed by atoms with E-state index in [2.05, 4.69) is 9.88 Å². The van der Waals surface area contributed by atoms with E-state index in [-0.39, 0.29) is 17.8 Å². The highest BCUT2D eigenvalue weighted by atomic mass is 16.5. The molecule has 2 aromatic carbocycles. The largest absolute Gasteiger partial charge is 0.493 e. The van der Waals surface area contributed by atoms with Gasteiger partial charge in [-0.05, 0) is 49.1 Å². The number of carbonyl (C=O) groups excluding carboxylic acids is 1. The molecule has 3 aromatic rings. The molecule has 2 heterocycles. The molecule has 0 bridgehead atoms. The summed E-state index contributed by atoms with van der Waals surface area (Å²) in [5.41, 5.74) is 2.65. The molecule has 1 aliphatic heterocycles. The molecule has 1 N–H and O–H groups in total. The van der Waals surface area contributed by atoms with Crippen molar-refractivity contribution in [3.8, 4) is 17.2 Å². The van der Waals surface area contributed by atoms with Gasteiger partial charge in [-0.25, -0.2) is 4.79 Å². The van der Waals surface area contributed by atoms with Crippen LogP contribution in [0.1, 0.15) is 24.4 Å². The number of carbonyl (C=O) groups is 1. The van der Waals surface area contributed by atoms with Crippen LogP contribution >= 0.6 is 0 Å². The molecule has 1 fully saturated rings. The van der Waals surface area contributed by atoms with Crippen molar-refractivity contribution in [2.24, 2.45) is 0 Å². The lowest BCUT2D eigenvalue weighted by atomic mass is 9.99. The van der Waals surface area contributed by atoms with E-state index in [1.165, 1.54) is 0 Å². The van der Waals surface area contributed by atoms with E-state index in [9.17, 15) is 9.59 Å². The Labute approximate surface area is 186 Å². The van der Waals surface area contributed by atoms with Gasteiger partial charge in [0.1, 0.15) is 6.29 Å². The number of nitrogens with zero attached hydrogens (tertiary/aromatic N) is 2. The number of H-pyrrole nitrogens is 1. The highest BCUT2D eigenvalue weighted by molar-refractivity contribution is 5.75. The van der Waals surface area contributed by atoms with Crippen LogP contribution in [0.15, 0.2) is 41.2 Å². The second kappa shape index (κ2) is 9.48. The molecule has 0 aliphatic carbocycles. The number of aromatic nitrogens is 2. The maximum absolute atomic E-state index is 12.5. The molecular formula is C24H29N3O5. The molecular weight excluding hydrogens is 410 g/mol. The van der Waals surface area contributed by atoms with Crippen molar-refractivity contribution in [2.45, 2.75) is 31.3 Å². The Morgan fingerprint density at radius 3 is 2.31 bits per heavy atom. The smallest absolute Gasteiger partial charge is 0.326 e. The van der Waals surface area contributed by atoms with Gasteiger partial charge in [-0.15, -0.1) is 0 Å². The van der Waals surface area contributed by atoms with Gasteiger partial charge in [-0.1, -0.05) is 12.1 Å². The number of hydrogen-bond donors (Lipinski definition) is 1. The molecule has 0 spiro atoms. The number of piperidine rings is 1. The Balaban J connectivity index is 1.48. The van der Waals surface area contributed by atoms with Crippen molar-refractivity contribution < 1.29 is 19.0 Å². The van der Waals surface area contributed by atoms with E-state index in [4.69, 9.17) is 14.2 Å². The maximum atomic E-state index is 12.5. The van der Waals surface area contributed by atoms with Crippen LogP contribution in [0.2, 0.25) is 0 Å². The summed E-state index contributed by atoms with van der Waals surface area (Å²) in [5, 5.41) is 0. The molecule has 0 saturated carbocycles. The zero-order valence-electron chi connectivity index (χ0n) is 18.7. The van der Waals surface area contributed by atoms with E-state index in [1.807, 2.05) is 41.0 Å². The highest BCUT2D eigenvalue weighted by Crippen LogP contribution is 2.38. The Bertz CT molecular complexity index is 1120. The summed E-state index contributed by atoms with van der Waals surface area (Å²) in [4.78, 5) is 29.6. The van der Waals surface area contributed by atoms with Crippen LogP contribution in [-0.4, -0.2) is 61.2 Å². The quantitative estimate of drug-likeness (QED) is 0.544. The first-order valence-corrected chi connectivity index (χ1v) is 10.8. The van der Waals surface area contributed by atoms with Crippen molar-refractivity contribution in [3.05, 3.63) is 52.4 Å². The topological polar surface area (TPSA) is 85.8 Å². The van der Waals surface area contributed by atoms with E-state index in [1.54, 1.807) is 21.3 Å². The fourth-order valence-corrected chi connectivity index (χ4v) is 4.67. The minimum atomic E-state index is -0.265. The molecule has 8 heteroatoms. The predicted molar refractivity (Wildman–Crippen MR) is 122 cm³/mol. The zero-order valence-corrected chi connectivity index (χ0v) is 18.7. The predicted octanol–water partition coefficient (Wildman–Crippen LogP) is 2.80. The van der Waals surface area contributed by atoms with Gasteiger partial charge in [-0.3, -0.25) is 9.47 Å². The van der Waals surface area contributed by atoms with Crippen molar-refractivity contribution in [1.29, 1.82) is 0 Å². The molecule has 1 aromatic heterocycles. The number of para-hydroxylation sites is 2. The second-order valence-corrected chi connectivity index (χ2v) is 8.03. The first-order valence-electron chi connectivity index (χ1n) is 10.8. The average molecular weight is 440 g/mol. The van der Waals surface area contributed by atoms with Crippen LogP contribution in [0.25, 0.3) is 11.0 Å². The van der Waals surface area contributed by atoms with Gasteiger partial charge in [0.25, 0.3) is 0 Å². The van der Waals surface area contributed by atoms with Gasteiger partial charge in [0.05, 0.1) is 38.4 Å². The number of fused-ring (bicyclic) bond motifs is 1. The normalized spacial score (nSPS) is 16.1. The molecule has 1 atom stereocenters. The Kier molecular flexibility index (Phi) is 6.50. The number of aldehydes is 1. The van der Waals surface area contributed by atoms with Gasteiger partial charge < -0.3 is 24.0 Å². The van der Waals surface area contributed by atoms with Crippen molar-refractivity contribution >= 4 is 17.3 Å².